The Hall–Kier alpha value is -0.650. The van der Waals surface area contributed by atoms with Crippen molar-refractivity contribution < 1.29 is 14.3 Å². The zero-order chi connectivity index (χ0) is 15.2. The van der Waals surface area contributed by atoms with Gasteiger partial charge in [-0.3, -0.25) is 4.79 Å². The van der Waals surface area contributed by atoms with Crippen molar-refractivity contribution >= 4 is 5.91 Å². The zero-order valence-corrected chi connectivity index (χ0v) is 13.6. The molecule has 0 spiro atoms. The molecule has 3 aliphatic heterocycles. The molecule has 5 heteroatoms. The Balaban J connectivity index is 1.35. The van der Waals surface area contributed by atoms with Gasteiger partial charge >= 0.3 is 0 Å². The van der Waals surface area contributed by atoms with Gasteiger partial charge in [0.05, 0.1) is 24.7 Å². The predicted molar refractivity (Wildman–Crippen MR) is 84.7 cm³/mol. The van der Waals surface area contributed by atoms with E-state index in [1.54, 1.807) is 0 Å². The number of hydrogen-bond acceptors (Lipinski definition) is 4. The highest BCUT2D eigenvalue weighted by atomic mass is 16.5. The van der Waals surface area contributed by atoms with Crippen molar-refractivity contribution in [2.75, 3.05) is 39.4 Å². The molecule has 3 rings (SSSR count). The minimum atomic E-state index is 0.196. The van der Waals surface area contributed by atoms with E-state index in [-0.39, 0.29) is 5.92 Å². The number of carbonyl (C=O) groups excluding carboxylic acids is 1. The van der Waals surface area contributed by atoms with Crippen LogP contribution in [0.25, 0.3) is 0 Å². The second kappa shape index (κ2) is 8.27. The number of amides is 1. The number of hydrogen-bond donors (Lipinski definition) is 1. The van der Waals surface area contributed by atoms with Crippen LogP contribution in [-0.4, -0.2) is 62.4 Å². The maximum atomic E-state index is 12.5. The van der Waals surface area contributed by atoms with Crippen molar-refractivity contribution in [3.8, 4) is 0 Å². The Morgan fingerprint density at radius 1 is 1.14 bits per heavy atom. The number of nitrogens with one attached hydrogen (secondary N) is 1. The summed E-state index contributed by atoms with van der Waals surface area (Å²) in [5, 5.41) is 3.33. The second-order valence-electron chi connectivity index (χ2n) is 6.89. The SMILES string of the molecule is O=C(C1CCCNC1)N1CCC(OCC2CCCCO2)CC1. The fourth-order valence-electron chi connectivity index (χ4n) is 3.75. The average Bonchev–Trinajstić information content (AvgIpc) is 2.61. The van der Waals surface area contributed by atoms with Crippen molar-refractivity contribution in [3.63, 3.8) is 0 Å². The van der Waals surface area contributed by atoms with E-state index in [2.05, 4.69) is 10.2 Å². The summed E-state index contributed by atoms with van der Waals surface area (Å²) < 4.78 is 11.7. The molecule has 0 aromatic carbocycles. The van der Waals surface area contributed by atoms with Crippen molar-refractivity contribution in [1.29, 1.82) is 0 Å². The molecule has 0 bridgehead atoms. The molecule has 1 amide bonds. The molecule has 0 aliphatic carbocycles. The van der Waals surface area contributed by atoms with Gasteiger partial charge in [-0.25, -0.2) is 0 Å². The fraction of sp³-hybridized carbons (Fsp3) is 0.941. The number of nitrogens with zero attached hydrogens (tertiary/aromatic N) is 1. The molecular weight excluding hydrogens is 280 g/mol. The predicted octanol–water partition coefficient (Wildman–Crippen LogP) is 1.56. The van der Waals surface area contributed by atoms with Gasteiger partial charge in [-0.05, 0) is 51.5 Å². The first-order valence-electron chi connectivity index (χ1n) is 9.05. The van der Waals surface area contributed by atoms with Crippen LogP contribution >= 0.6 is 0 Å². The van der Waals surface area contributed by atoms with Crippen molar-refractivity contribution in [2.24, 2.45) is 5.92 Å². The number of likely N-dealkylation sites (tertiary alicyclic amines) is 1. The van der Waals surface area contributed by atoms with Crippen LogP contribution in [-0.2, 0) is 14.3 Å². The number of piperidine rings is 2. The lowest BCUT2D eigenvalue weighted by Crippen LogP contribution is -2.47. The first kappa shape index (κ1) is 16.2. The van der Waals surface area contributed by atoms with Gasteiger partial charge in [0, 0.05) is 26.2 Å². The van der Waals surface area contributed by atoms with E-state index < -0.39 is 0 Å². The molecular formula is C17H30N2O3. The van der Waals surface area contributed by atoms with E-state index in [0.717, 1.165) is 71.5 Å². The normalized spacial score (nSPS) is 31.2. The highest BCUT2D eigenvalue weighted by Crippen LogP contribution is 2.20. The van der Waals surface area contributed by atoms with Gasteiger partial charge in [-0.2, -0.15) is 0 Å². The van der Waals surface area contributed by atoms with E-state index in [0.29, 0.717) is 18.1 Å². The van der Waals surface area contributed by atoms with Gasteiger partial charge in [0.1, 0.15) is 0 Å². The molecule has 0 aromatic heterocycles. The maximum absolute atomic E-state index is 12.5. The smallest absolute Gasteiger partial charge is 0.226 e. The van der Waals surface area contributed by atoms with E-state index >= 15 is 0 Å². The summed E-state index contributed by atoms with van der Waals surface area (Å²) in [5.41, 5.74) is 0. The Labute approximate surface area is 133 Å². The zero-order valence-electron chi connectivity index (χ0n) is 13.6. The highest BCUT2D eigenvalue weighted by molar-refractivity contribution is 5.79. The van der Waals surface area contributed by atoms with E-state index in [1.807, 2.05) is 0 Å². The Bertz CT molecular complexity index is 344. The Morgan fingerprint density at radius 2 is 2.00 bits per heavy atom. The van der Waals surface area contributed by atoms with Crippen molar-refractivity contribution in [2.45, 2.75) is 57.2 Å². The third-order valence-electron chi connectivity index (χ3n) is 5.19. The van der Waals surface area contributed by atoms with Crippen LogP contribution in [0.15, 0.2) is 0 Å². The summed E-state index contributed by atoms with van der Waals surface area (Å²) in [6.07, 6.45) is 8.28. The summed E-state index contributed by atoms with van der Waals surface area (Å²) in [7, 11) is 0. The third kappa shape index (κ3) is 4.43. The van der Waals surface area contributed by atoms with Crippen LogP contribution in [0, 0.1) is 5.92 Å². The molecule has 22 heavy (non-hydrogen) atoms. The minimum Gasteiger partial charge on any atom is -0.376 e. The maximum Gasteiger partial charge on any atom is 0.226 e. The first-order valence-corrected chi connectivity index (χ1v) is 9.05. The number of rotatable bonds is 4. The molecule has 0 radical (unpaired) electrons. The van der Waals surface area contributed by atoms with Crippen LogP contribution in [0.4, 0.5) is 0 Å². The van der Waals surface area contributed by atoms with Gasteiger partial charge in [-0.1, -0.05) is 0 Å². The second-order valence-corrected chi connectivity index (χ2v) is 6.89. The lowest BCUT2D eigenvalue weighted by molar-refractivity contribution is -0.139. The van der Waals surface area contributed by atoms with Crippen LogP contribution < -0.4 is 5.32 Å². The highest BCUT2D eigenvalue weighted by Gasteiger charge is 2.29. The molecule has 3 fully saturated rings. The van der Waals surface area contributed by atoms with E-state index in [9.17, 15) is 4.79 Å². The molecule has 2 unspecified atom stereocenters. The van der Waals surface area contributed by atoms with Gasteiger partial charge in [0.2, 0.25) is 5.91 Å². The van der Waals surface area contributed by atoms with E-state index in [1.165, 1.54) is 12.8 Å². The standard InChI is InChI=1S/C17H30N2O3/c20-17(14-4-3-8-18-12-14)19-9-6-15(7-10-19)22-13-16-5-1-2-11-21-16/h14-16,18H,1-13H2. The van der Waals surface area contributed by atoms with Crippen molar-refractivity contribution in [1.82, 2.24) is 10.2 Å². The average molecular weight is 310 g/mol. The summed E-state index contributed by atoms with van der Waals surface area (Å²) in [4.78, 5) is 14.5. The van der Waals surface area contributed by atoms with Crippen LogP contribution in [0.5, 0.6) is 0 Å². The minimum absolute atomic E-state index is 0.196. The molecule has 5 nitrogen and oxygen atoms in total. The fourth-order valence-corrected chi connectivity index (χ4v) is 3.75. The number of carbonyl (C=O) groups is 1. The monoisotopic (exact) mass is 310 g/mol. The van der Waals surface area contributed by atoms with Gasteiger partial charge in [-0.15, -0.1) is 0 Å². The third-order valence-corrected chi connectivity index (χ3v) is 5.19. The largest absolute Gasteiger partial charge is 0.376 e. The van der Waals surface area contributed by atoms with E-state index in [4.69, 9.17) is 9.47 Å². The molecule has 3 aliphatic rings. The summed E-state index contributed by atoms with van der Waals surface area (Å²) in [5.74, 6) is 0.545. The topological polar surface area (TPSA) is 50.8 Å². The van der Waals surface area contributed by atoms with Gasteiger partial charge in [0.15, 0.2) is 0 Å². The lowest BCUT2D eigenvalue weighted by atomic mass is 9.96. The molecule has 3 saturated heterocycles. The molecule has 0 aromatic rings. The molecule has 3 heterocycles. The van der Waals surface area contributed by atoms with Gasteiger partial charge < -0.3 is 19.7 Å². The first-order chi connectivity index (χ1) is 10.8. The Morgan fingerprint density at radius 3 is 2.68 bits per heavy atom. The molecule has 0 saturated carbocycles. The van der Waals surface area contributed by atoms with Crippen molar-refractivity contribution in [3.05, 3.63) is 0 Å². The summed E-state index contributed by atoms with van der Waals surface area (Å²) in [6, 6.07) is 0. The lowest BCUT2D eigenvalue weighted by Gasteiger charge is -2.35. The quantitative estimate of drug-likeness (QED) is 0.856. The van der Waals surface area contributed by atoms with Crippen LogP contribution in [0.3, 0.4) is 0 Å². The molecule has 2 atom stereocenters. The molecule has 1 N–H and O–H groups in total. The molecule has 126 valence electrons. The van der Waals surface area contributed by atoms with Gasteiger partial charge in [0.25, 0.3) is 0 Å². The Kier molecular flexibility index (Phi) is 6.10. The van der Waals surface area contributed by atoms with Crippen LogP contribution in [0.2, 0.25) is 0 Å². The number of ether oxygens (including phenoxy) is 2. The van der Waals surface area contributed by atoms with Crippen LogP contribution in [0.1, 0.15) is 44.9 Å². The summed E-state index contributed by atoms with van der Waals surface area (Å²) >= 11 is 0. The summed E-state index contributed by atoms with van der Waals surface area (Å²) in [6.45, 7) is 5.23.